The molecule has 0 bridgehead atoms. The second-order valence-electron chi connectivity index (χ2n) is 14.8. The zero-order valence-electron chi connectivity index (χ0n) is 31.7. The summed E-state index contributed by atoms with van der Waals surface area (Å²) in [5.41, 5.74) is 14.3. The molecule has 1 aromatic heterocycles. The quantitative estimate of drug-likeness (QED) is 0.151. The summed E-state index contributed by atoms with van der Waals surface area (Å²) >= 11 is 0. The van der Waals surface area contributed by atoms with E-state index in [-0.39, 0.29) is 0 Å². The van der Waals surface area contributed by atoms with E-state index in [0.29, 0.717) is 0 Å². The highest BCUT2D eigenvalue weighted by molar-refractivity contribution is 6.20. The number of hydrogen-bond acceptors (Lipinski definition) is 2. The van der Waals surface area contributed by atoms with Crippen LogP contribution in [0.5, 0.6) is 0 Å². The molecule has 58 heavy (non-hydrogen) atoms. The molecule has 0 amide bonds. The number of benzene rings is 10. The molecule has 11 rings (SSSR count). The molecule has 10 aromatic carbocycles. The van der Waals surface area contributed by atoms with Crippen molar-refractivity contribution in [1.29, 1.82) is 0 Å². The van der Waals surface area contributed by atoms with E-state index in [4.69, 9.17) is 4.42 Å². The summed E-state index contributed by atoms with van der Waals surface area (Å²) in [6.07, 6.45) is 0. The molecular weight excluding hydrogens is 703 g/mol. The van der Waals surface area contributed by atoms with Gasteiger partial charge in [0.1, 0.15) is 11.2 Å². The average Bonchev–Trinajstić information content (AvgIpc) is 3.70. The van der Waals surface area contributed by atoms with Gasteiger partial charge in [0.05, 0.1) is 16.8 Å². The van der Waals surface area contributed by atoms with Crippen molar-refractivity contribution in [3.05, 3.63) is 224 Å². The average molecular weight is 740 g/mol. The van der Waals surface area contributed by atoms with Gasteiger partial charge in [0.15, 0.2) is 0 Å². The van der Waals surface area contributed by atoms with Crippen molar-refractivity contribution < 1.29 is 4.42 Å². The van der Waals surface area contributed by atoms with Gasteiger partial charge in [-0.05, 0) is 91.5 Å². The van der Waals surface area contributed by atoms with Crippen molar-refractivity contribution in [1.82, 2.24) is 0 Å². The van der Waals surface area contributed by atoms with E-state index in [1.165, 1.54) is 54.9 Å². The fraction of sp³-hybridized carbons (Fsp3) is 0. The molecule has 11 aromatic rings. The van der Waals surface area contributed by atoms with Gasteiger partial charge in [-0.25, -0.2) is 0 Å². The lowest BCUT2D eigenvalue weighted by Gasteiger charge is -2.28. The third-order valence-corrected chi connectivity index (χ3v) is 11.5. The first-order valence-corrected chi connectivity index (χ1v) is 19.8. The van der Waals surface area contributed by atoms with Gasteiger partial charge in [-0.1, -0.05) is 188 Å². The summed E-state index contributed by atoms with van der Waals surface area (Å²) in [5, 5.41) is 6.99. The molecular formula is C56H37NO. The Morgan fingerprint density at radius 2 is 0.810 bits per heavy atom. The van der Waals surface area contributed by atoms with Gasteiger partial charge >= 0.3 is 0 Å². The maximum absolute atomic E-state index is 6.88. The van der Waals surface area contributed by atoms with Crippen molar-refractivity contribution >= 4 is 60.5 Å². The summed E-state index contributed by atoms with van der Waals surface area (Å²) < 4.78 is 6.88. The van der Waals surface area contributed by atoms with E-state index in [2.05, 4.69) is 229 Å². The summed E-state index contributed by atoms with van der Waals surface area (Å²) in [5.74, 6) is 0. The van der Waals surface area contributed by atoms with Crippen LogP contribution in [0, 0.1) is 0 Å². The van der Waals surface area contributed by atoms with Crippen LogP contribution in [0.2, 0.25) is 0 Å². The number of anilines is 3. The second kappa shape index (κ2) is 14.1. The van der Waals surface area contributed by atoms with Crippen LogP contribution in [0.3, 0.4) is 0 Å². The van der Waals surface area contributed by atoms with E-state index in [1.54, 1.807) is 0 Å². The third-order valence-electron chi connectivity index (χ3n) is 11.5. The third kappa shape index (κ3) is 5.74. The molecule has 2 nitrogen and oxygen atoms in total. The molecule has 0 fully saturated rings. The molecule has 0 saturated heterocycles. The predicted octanol–water partition coefficient (Wildman–Crippen LogP) is 16.0. The van der Waals surface area contributed by atoms with Crippen LogP contribution in [0.4, 0.5) is 17.1 Å². The normalized spacial score (nSPS) is 11.4. The number of nitrogens with zero attached hydrogens (tertiary/aromatic N) is 1. The van der Waals surface area contributed by atoms with Gasteiger partial charge in [-0.15, -0.1) is 0 Å². The number of furan rings is 1. The molecule has 0 atom stereocenters. The van der Waals surface area contributed by atoms with Gasteiger partial charge in [0.2, 0.25) is 0 Å². The molecule has 0 aliphatic rings. The topological polar surface area (TPSA) is 16.4 Å². The lowest BCUT2D eigenvalue weighted by Crippen LogP contribution is -2.11. The Hall–Kier alpha value is -7.68. The first-order valence-electron chi connectivity index (χ1n) is 19.8. The molecule has 0 radical (unpaired) electrons. The van der Waals surface area contributed by atoms with Crippen molar-refractivity contribution in [2.45, 2.75) is 0 Å². The Labute approximate surface area is 337 Å². The fourth-order valence-corrected chi connectivity index (χ4v) is 8.73. The SMILES string of the molecule is c1ccc(-c2ccc(-c3ccc(N(c4ccc(-c5ccccc5-c5ccccc5)cc4)c4cccc5ccc6ccccc6c45)c4c3oc3ccccc34)cc2)cc1. The summed E-state index contributed by atoms with van der Waals surface area (Å²) in [6.45, 7) is 0. The maximum atomic E-state index is 6.88. The largest absolute Gasteiger partial charge is 0.455 e. The van der Waals surface area contributed by atoms with Gasteiger partial charge in [-0.3, -0.25) is 0 Å². The van der Waals surface area contributed by atoms with Crippen LogP contribution in [-0.4, -0.2) is 0 Å². The molecule has 0 saturated carbocycles. The smallest absolute Gasteiger partial charge is 0.145 e. The number of hydrogen-bond donors (Lipinski definition) is 0. The van der Waals surface area contributed by atoms with Crippen LogP contribution in [-0.2, 0) is 0 Å². The molecule has 0 aliphatic heterocycles. The minimum atomic E-state index is 0.864. The Balaban J connectivity index is 1.14. The molecule has 0 unspecified atom stereocenters. The zero-order valence-corrected chi connectivity index (χ0v) is 31.7. The maximum Gasteiger partial charge on any atom is 0.145 e. The molecule has 0 spiro atoms. The molecule has 0 N–H and O–H groups in total. The highest BCUT2D eigenvalue weighted by Crippen LogP contribution is 2.49. The second-order valence-corrected chi connectivity index (χ2v) is 14.8. The monoisotopic (exact) mass is 739 g/mol. The van der Waals surface area contributed by atoms with E-state index in [0.717, 1.165) is 50.1 Å². The van der Waals surface area contributed by atoms with Gasteiger partial charge in [0.25, 0.3) is 0 Å². The molecule has 272 valence electrons. The summed E-state index contributed by atoms with van der Waals surface area (Å²) in [4.78, 5) is 2.44. The first kappa shape index (κ1) is 33.6. The van der Waals surface area contributed by atoms with Crippen molar-refractivity contribution in [2.75, 3.05) is 4.90 Å². The van der Waals surface area contributed by atoms with Crippen LogP contribution < -0.4 is 4.90 Å². The Morgan fingerprint density at radius 1 is 0.293 bits per heavy atom. The van der Waals surface area contributed by atoms with Crippen molar-refractivity contribution in [2.24, 2.45) is 0 Å². The van der Waals surface area contributed by atoms with Crippen LogP contribution in [0.1, 0.15) is 0 Å². The molecule has 0 aliphatic carbocycles. The minimum absolute atomic E-state index is 0.864. The van der Waals surface area contributed by atoms with Crippen molar-refractivity contribution in [3.63, 3.8) is 0 Å². The van der Waals surface area contributed by atoms with Gasteiger partial charge in [-0.2, -0.15) is 0 Å². The highest BCUT2D eigenvalue weighted by atomic mass is 16.3. The van der Waals surface area contributed by atoms with Crippen molar-refractivity contribution in [3.8, 4) is 44.5 Å². The van der Waals surface area contributed by atoms with E-state index < -0.39 is 0 Å². The van der Waals surface area contributed by atoms with Crippen LogP contribution in [0.25, 0.3) is 88.0 Å². The van der Waals surface area contributed by atoms with Crippen LogP contribution >= 0.6 is 0 Å². The zero-order chi connectivity index (χ0) is 38.4. The summed E-state index contributed by atoms with van der Waals surface area (Å²) in [6, 6.07) is 80.5. The van der Waals surface area contributed by atoms with E-state index in [1.807, 2.05) is 0 Å². The van der Waals surface area contributed by atoms with E-state index in [9.17, 15) is 0 Å². The van der Waals surface area contributed by atoms with Gasteiger partial charge in [0, 0.05) is 22.0 Å². The lowest BCUT2D eigenvalue weighted by molar-refractivity contribution is 0.670. The molecule has 2 heteroatoms. The number of fused-ring (bicyclic) bond motifs is 6. The van der Waals surface area contributed by atoms with Gasteiger partial charge < -0.3 is 9.32 Å². The molecule has 1 heterocycles. The number of rotatable bonds is 7. The minimum Gasteiger partial charge on any atom is -0.455 e. The standard InChI is InChI=1S/C56H37NO/c1-3-14-38(15-4-1)39-26-28-43(29-27-39)49-36-37-52(55-50-23-11-12-25-53(50)58-56(49)55)57(51-24-13-19-44-31-30-41-18-7-8-22-48(41)54(44)51)45-34-32-42(33-35-45)47-21-10-9-20-46(47)40-16-5-2-6-17-40/h1-37H. The number of para-hydroxylation sites is 1. The van der Waals surface area contributed by atoms with E-state index >= 15 is 0 Å². The Bertz CT molecular complexity index is 3250. The predicted molar refractivity (Wildman–Crippen MR) is 245 cm³/mol. The Kier molecular flexibility index (Phi) is 8.19. The Morgan fingerprint density at radius 3 is 1.57 bits per heavy atom. The summed E-state index contributed by atoms with van der Waals surface area (Å²) in [7, 11) is 0. The first-order chi connectivity index (χ1) is 28.8. The lowest BCUT2D eigenvalue weighted by atomic mass is 9.94. The highest BCUT2D eigenvalue weighted by Gasteiger charge is 2.24. The van der Waals surface area contributed by atoms with Crippen LogP contribution in [0.15, 0.2) is 229 Å². The fourth-order valence-electron chi connectivity index (χ4n) is 8.73.